The second-order valence-corrected chi connectivity index (χ2v) is 5.81. The highest BCUT2D eigenvalue weighted by Crippen LogP contribution is 2.17. The largest absolute Gasteiger partial charge is 0.352 e. The van der Waals surface area contributed by atoms with E-state index in [1.807, 2.05) is 12.1 Å². The normalized spacial score (nSPS) is 10.5. The summed E-state index contributed by atoms with van der Waals surface area (Å²) in [5.74, 6) is 0.816. The number of benzene rings is 1. The molecule has 116 valence electrons. The molecule has 0 radical (unpaired) electrons. The number of rotatable bonds is 6. The second-order valence-electron chi connectivity index (χ2n) is 5.37. The van der Waals surface area contributed by atoms with Crippen molar-refractivity contribution in [2.75, 3.05) is 11.9 Å². The molecule has 2 rings (SSSR count). The summed E-state index contributed by atoms with van der Waals surface area (Å²) in [5.41, 5.74) is 1.24. The molecule has 0 fully saturated rings. The molecule has 6 heteroatoms. The molecule has 22 heavy (non-hydrogen) atoms. The van der Waals surface area contributed by atoms with Crippen molar-refractivity contribution in [2.24, 2.45) is 5.92 Å². The Hall–Kier alpha value is -2.14. The molecule has 1 aromatic heterocycles. The van der Waals surface area contributed by atoms with Crippen LogP contribution in [-0.2, 0) is 0 Å². The van der Waals surface area contributed by atoms with E-state index in [0.717, 1.165) is 12.1 Å². The van der Waals surface area contributed by atoms with Gasteiger partial charge in [0.2, 0.25) is 5.95 Å². The summed E-state index contributed by atoms with van der Waals surface area (Å²) in [6.07, 6.45) is 3.95. The molecule has 0 atom stereocenters. The first-order chi connectivity index (χ1) is 10.5. The molecule has 0 unspecified atom stereocenters. The van der Waals surface area contributed by atoms with E-state index in [2.05, 4.69) is 34.4 Å². The van der Waals surface area contributed by atoms with Gasteiger partial charge in [0, 0.05) is 29.6 Å². The molecule has 0 spiro atoms. The standard InChI is InChI=1S/C16H19ClN4O/c1-11(2)6-7-18-15(22)12-9-19-16(20-10-12)21-14-5-3-4-13(17)8-14/h3-5,8-11H,6-7H2,1-2H3,(H,18,22)(H,19,20,21). The van der Waals surface area contributed by atoms with E-state index in [1.165, 1.54) is 12.4 Å². The van der Waals surface area contributed by atoms with Crippen molar-refractivity contribution >= 4 is 29.1 Å². The highest BCUT2D eigenvalue weighted by atomic mass is 35.5. The van der Waals surface area contributed by atoms with E-state index < -0.39 is 0 Å². The summed E-state index contributed by atoms with van der Waals surface area (Å²) in [7, 11) is 0. The number of hydrogen-bond donors (Lipinski definition) is 2. The molecular formula is C16H19ClN4O. The average molecular weight is 319 g/mol. The first-order valence-corrected chi connectivity index (χ1v) is 7.55. The number of carbonyl (C=O) groups excluding carboxylic acids is 1. The molecule has 1 aromatic carbocycles. The zero-order chi connectivity index (χ0) is 15.9. The molecule has 0 aliphatic heterocycles. The first-order valence-electron chi connectivity index (χ1n) is 7.17. The second kappa shape index (κ2) is 7.75. The summed E-state index contributed by atoms with van der Waals surface area (Å²) in [6.45, 7) is 4.89. The van der Waals surface area contributed by atoms with Gasteiger partial charge in [0.15, 0.2) is 0 Å². The fourth-order valence-electron chi connectivity index (χ4n) is 1.78. The van der Waals surface area contributed by atoms with Crippen molar-refractivity contribution in [2.45, 2.75) is 20.3 Å². The van der Waals surface area contributed by atoms with Crippen LogP contribution in [0.25, 0.3) is 0 Å². The van der Waals surface area contributed by atoms with Gasteiger partial charge in [-0.15, -0.1) is 0 Å². The molecule has 0 saturated heterocycles. The Balaban J connectivity index is 1.93. The average Bonchev–Trinajstić information content (AvgIpc) is 2.47. The molecule has 1 amide bonds. The lowest BCUT2D eigenvalue weighted by Crippen LogP contribution is -2.25. The van der Waals surface area contributed by atoms with Crippen LogP contribution in [0.15, 0.2) is 36.7 Å². The number of amides is 1. The minimum absolute atomic E-state index is 0.157. The van der Waals surface area contributed by atoms with E-state index in [9.17, 15) is 4.79 Å². The molecule has 0 aliphatic carbocycles. The van der Waals surface area contributed by atoms with Crippen LogP contribution in [0.5, 0.6) is 0 Å². The van der Waals surface area contributed by atoms with Crippen molar-refractivity contribution in [1.82, 2.24) is 15.3 Å². The summed E-state index contributed by atoms with van der Waals surface area (Å²) in [4.78, 5) is 20.2. The molecule has 5 nitrogen and oxygen atoms in total. The predicted octanol–water partition coefficient (Wildman–Crippen LogP) is 3.65. The van der Waals surface area contributed by atoms with Crippen molar-refractivity contribution in [1.29, 1.82) is 0 Å². The number of aromatic nitrogens is 2. The molecule has 2 N–H and O–H groups in total. The summed E-state index contributed by atoms with van der Waals surface area (Å²) >= 11 is 5.91. The van der Waals surface area contributed by atoms with Crippen molar-refractivity contribution in [3.8, 4) is 0 Å². The molecule has 0 saturated carbocycles. The van der Waals surface area contributed by atoms with Gasteiger partial charge < -0.3 is 10.6 Å². The van der Waals surface area contributed by atoms with E-state index in [-0.39, 0.29) is 5.91 Å². The fraction of sp³-hybridized carbons (Fsp3) is 0.312. The van der Waals surface area contributed by atoms with Gasteiger partial charge in [0.1, 0.15) is 0 Å². The predicted molar refractivity (Wildman–Crippen MR) is 88.6 cm³/mol. The quantitative estimate of drug-likeness (QED) is 0.853. The summed E-state index contributed by atoms with van der Waals surface area (Å²) in [5, 5.41) is 6.51. The number of carbonyl (C=O) groups is 1. The number of halogens is 1. The third-order valence-corrected chi connectivity index (χ3v) is 3.24. The van der Waals surface area contributed by atoms with Crippen LogP contribution in [0.4, 0.5) is 11.6 Å². The lowest BCUT2D eigenvalue weighted by Gasteiger charge is -2.08. The first kappa shape index (κ1) is 16.2. The van der Waals surface area contributed by atoms with Gasteiger partial charge in [0.05, 0.1) is 5.56 Å². The smallest absolute Gasteiger partial charge is 0.254 e. The van der Waals surface area contributed by atoms with Crippen molar-refractivity contribution < 1.29 is 4.79 Å². The van der Waals surface area contributed by atoms with E-state index in [1.54, 1.807) is 12.1 Å². The minimum atomic E-state index is -0.157. The van der Waals surface area contributed by atoms with Gasteiger partial charge in [0.25, 0.3) is 5.91 Å². The third-order valence-electron chi connectivity index (χ3n) is 3.00. The van der Waals surface area contributed by atoms with E-state index in [0.29, 0.717) is 29.0 Å². The van der Waals surface area contributed by atoms with Gasteiger partial charge in [-0.2, -0.15) is 0 Å². The maximum Gasteiger partial charge on any atom is 0.254 e. The number of nitrogens with zero attached hydrogens (tertiary/aromatic N) is 2. The van der Waals surface area contributed by atoms with Gasteiger partial charge in [-0.3, -0.25) is 4.79 Å². The lowest BCUT2D eigenvalue weighted by atomic mass is 10.1. The van der Waals surface area contributed by atoms with Gasteiger partial charge in [-0.05, 0) is 30.5 Å². The molecule has 1 heterocycles. The van der Waals surface area contributed by atoms with Crippen LogP contribution in [0.3, 0.4) is 0 Å². The molecular weight excluding hydrogens is 300 g/mol. The SMILES string of the molecule is CC(C)CCNC(=O)c1cnc(Nc2cccc(Cl)c2)nc1. The molecule has 0 aliphatic rings. The third kappa shape index (κ3) is 5.00. The van der Waals surface area contributed by atoms with Crippen molar-refractivity contribution in [3.05, 3.63) is 47.2 Å². The monoisotopic (exact) mass is 318 g/mol. The highest BCUT2D eigenvalue weighted by molar-refractivity contribution is 6.30. The van der Waals surface area contributed by atoms with Crippen LogP contribution in [0.2, 0.25) is 5.02 Å². The summed E-state index contributed by atoms with van der Waals surface area (Å²) in [6, 6.07) is 7.26. The maximum atomic E-state index is 11.9. The zero-order valence-electron chi connectivity index (χ0n) is 12.6. The number of anilines is 2. The Bertz CT molecular complexity index is 628. The van der Waals surface area contributed by atoms with Crippen molar-refractivity contribution in [3.63, 3.8) is 0 Å². The fourth-order valence-corrected chi connectivity index (χ4v) is 1.97. The highest BCUT2D eigenvalue weighted by Gasteiger charge is 2.07. The lowest BCUT2D eigenvalue weighted by molar-refractivity contribution is 0.0951. The van der Waals surface area contributed by atoms with E-state index in [4.69, 9.17) is 11.6 Å². The topological polar surface area (TPSA) is 66.9 Å². The Kier molecular flexibility index (Phi) is 5.72. The van der Waals surface area contributed by atoms with Crippen LogP contribution < -0.4 is 10.6 Å². The molecule has 2 aromatic rings. The zero-order valence-corrected chi connectivity index (χ0v) is 13.4. The Morgan fingerprint density at radius 3 is 2.64 bits per heavy atom. The van der Waals surface area contributed by atoms with Gasteiger partial charge >= 0.3 is 0 Å². The number of nitrogens with one attached hydrogen (secondary N) is 2. The Labute approximate surface area is 135 Å². The molecule has 0 bridgehead atoms. The Morgan fingerprint density at radius 2 is 2.00 bits per heavy atom. The van der Waals surface area contributed by atoms with Gasteiger partial charge in [-0.1, -0.05) is 31.5 Å². The number of hydrogen-bond acceptors (Lipinski definition) is 4. The van der Waals surface area contributed by atoms with Gasteiger partial charge in [-0.25, -0.2) is 9.97 Å². The van der Waals surface area contributed by atoms with Crippen LogP contribution in [0, 0.1) is 5.92 Å². The minimum Gasteiger partial charge on any atom is -0.352 e. The van der Waals surface area contributed by atoms with Crippen LogP contribution >= 0.6 is 11.6 Å². The Morgan fingerprint density at radius 1 is 1.27 bits per heavy atom. The maximum absolute atomic E-state index is 11.9. The summed E-state index contributed by atoms with van der Waals surface area (Å²) < 4.78 is 0. The van der Waals surface area contributed by atoms with Crippen LogP contribution in [0.1, 0.15) is 30.6 Å². The van der Waals surface area contributed by atoms with Crippen LogP contribution in [-0.4, -0.2) is 22.4 Å². The van der Waals surface area contributed by atoms with E-state index >= 15 is 0 Å².